The molecule has 0 aliphatic carbocycles. The van der Waals surface area contributed by atoms with Gasteiger partial charge in [-0.05, 0) is 36.9 Å². The maximum Gasteiger partial charge on any atom is 0.273 e. The zero-order chi connectivity index (χ0) is 16.9. The lowest BCUT2D eigenvalue weighted by Gasteiger charge is -2.17. The third-order valence-electron chi connectivity index (χ3n) is 4.72. The van der Waals surface area contributed by atoms with Crippen LogP contribution in [0.2, 0.25) is 0 Å². The fraction of sp³-hybridized carbons (Fsp3) is 0.474. The highest BCUT2D eigenvalue weighted by atomic mass is 16.5. The van der Waals surface area contributed by atoms with Crippen molar-refractivity contribution in [2.45, 2.75) is 33.2 Å². The Balaban J connectivity index is 1.46. The van der Waals surface area contributed by atoms with E-state index in [1.165, 1.54) is 11.1 Å². The first-order valence-corrected chi connectivity index (χ1v) is 8.66. The summed E-state index contributed by atoms with van der Waals surface area (Å²) in [5, 5.41) is 6.80. The number of nitrogens with one attached hydrogen (secondary N) is 1. The molecule has 0 spiro atoms. The van der Waals surface area contributed by atoms with Gasteiger partial charge in [0.15, 0.2) is 5.69 Å². The Bertz CT molecular complexity index is 695. The van der Waals surface area contributed by atoms with E-state index in [-0.39, 0.29) is 5.91 Å². The van der Waals surface area contributed by atoms with Gasteiger partial charge in [-0.15, -0.1) is 0 Å². The number of benzene rings is 1. The van der Waals surface area contributed by atoms with Gasteiger partial charge in [0.25, 0.3) is 5.91 Å². The summed E-state index contributed by atoms with van der Waals surface area (Å²) in [5.41, 5.74) is 3.10. The van der Waals surface area contributed by atoms with Crippen LogP contribution in [0.1, 0.15) is 40.7 Å². The molecule has 0 saturated carbocycles. The molecule has 128 valence electrons. The lowest BCUT2D eigenvalue weighted by Crippen LogP contribution is -2.31. The highest BCUT2D eigenvalue weighted by molar-refractivity contribution is 5.92. The molecular weight excluding hydrogens is 302 g/mol. The quantitative estimate of drug-likeness (QED) is 0.886. The molecule has 1 aliphatic heterocycles. The lowest BCUT2D eigenvalue weighted by atomic mass is 10.1. The van der Waals surface area contributed by atoms with Crippen molar-refractivity contribution in [3.8, 4) is 0 Å². The fourth-order valence-corrected chi connectivity index (χ4v) is 3.17. The first-order chi connectivity index (χ1) is 11.7. The summed E-state index contributed by atoms with van der Waals surface area (Å²) < 4.78 is 5.08. The van der Waals surface area contributed by atoms with Crippen LogP contribution in [0.25, 0.3) is 0 Å². The van der Waals surface area contributed by atoms with Crippen LogP contribution in [0.4, 0.5) is 0 Å². The molecule has 0 unspecified atom stereocenters. The molecule has 24 heavy (non-hydrogen) atoms. The van der Waals surface area contributed by atoms with Gasteiger partial charge < -0.3 is 9.84 Å². The monoisotopic (exact) mass is 327 g/mol. The van der Waals surface area contributed by atoms with E-state index in [4.69, 9.17) is 4.52 Å². The van der Waals surface area contributed by atoms with Crippen molar-refractivity contribution >= 4 is 5.91 Å². The van der Waals surface area contributed by atoms with E-state index in [1.54, 1.807) is 6.07 Å². The van der Waals surface area contributed by atoms with Crippen molar-refractivity contribution in [2.24, 2.45) is 5.92 Å². The number of aromatic nitrogens is 1. The van der Waals surface area contributed by atoms with E-state index in [0.29, 0.717) is 18.2 Å². The number of nitrogens with zero attached hydrogens (tertiary/aromatic N) is 2. The van der Waals surface area contributed by atoms with Gasteiger partial charge in [-0.25, -0.2) is 0 Å². The molecule has 0 radical (unpaired) electrons. The topological polar surface area (TPSA) is 58.4 Å². The van der Waals surface area contributed by atoms with Gasteiger partial charge in [-0.3, -0.25) is 9.69 Å². The van der Waals surface area contributed by atoms with Crippen LogP contribution in [-0.4, -0.2) is 35.6 Å². The summed E-state index contributed by atoms with van der Waals surface area (Å²) in [4.78, 5) is 14.6. The Kier molecular flexibility index (Phi) is 5.30. The average Bonchev–Trinajstić information content (AvgIpc) is 3.24. The van der Waals surface area contributed by atoms with E-state index in [9.17, 15) is 4.79 Å². The minimum absolute atomic E-state index is 0.143. The van der Waals surface area contributed by atoms with Crippen molar-refractivity contribution in [3.05, 3.63) is 52.9 Å². The summed E-state index contributed by atoms with van der Waals surface area (Å²) in [6.07, 6.45) is 1.86. The predicted molar refractivity (Wildman–Crippen MR) is 92.8 cm³/mol. The first kappa shape index (κ1) is 16.7. The Hall–Kier alpha value is -2.14. The second-order valence-corrected chi connectivity index (χ2v) is 6.56. The molecule has 5 nitrogen and oxygen atoms in total. The largest absolute Gasteiger partial charge is 0.361 e. The number of amides is 1. The minimum atomic E-state index is -0.143. The van der Waals surface area contributed by atoms with Gasteiger partial charge in [-0.1, -0.05) is 36.3 Å². The lowest BCUT2D eigenvalue weighted by molar-refractivity contribution is 0.0938. The number of rotatable bonds is 6. The number of carbonyl (C=O) groups excluding carboxylic acids is 1. The smallest absolute Gasteiger partial charge is 0.273 e. The molecule has 0 bridgehead atoms. The second-order valence-electron chi connectivity index (χ2n) is 6.56. The fourth-order valence-electron chi connectivity index (χ4n) is 3.17. The molecule has 3 rings (SSSR count). The minimum Gasteiger partial charge on any atom is -0.361 e. The Morgan fingerprint density at radius 2 is 2.25 bits per heavy atom. The van der Waals surface area contributed by atoms with Crippen molar-refractivity contribution < 1.29 is 9.32 Å². The van der Waals surface area contributed by atoms with E-state index in [1.807, 2.05) is 6.92 Å². The van der Waals surface area contributed by atoms with Crippen molar-refractivity contribution in [1.29, 1.82) is 0 Å². The number of hydrogen-bond donors (Lipinski definition) is 1. The van der Waals surface area contributed by atoms with E-state index >= 15 is 0 Å². The summed E-state index contributed by atoms with van der Waals surface area (Å²) in [6, 6.07) is 10.2. The standard InChI is InChI=1S/C19H25N3O2/c1-3-17-10-18(21-24-17)19(23)20-11-15-8-9-22(12-15)13-16-7-5-4-6-14(16)2/h4-7,10,15H,3,8-9,11-13H2,1-2H3,(H,20,23)/t15-/m0/s1. The maximum absolute atomic E-state index is 12.1. The van der Waals surface area contributed by atoms with Gasteiger partial charge in [0.05, 0.1) is 0 Å². The molecule has 1 saturated heterocycles. The molecule has 1 atom stereocenters. The number of likely N-dealkylation sites (tertiary alicyclic amines) is 1. The normalized spacial score (nSPS) is 18.0. The SMILES string of the molecule is CCc1cc(C(=O)NC[C@@H]2CCN(Cc3ccccc3C)C2)no1. The third-order valence-corrected chi connectivity index (χ3v) is 4.72. The van der Waals surface area contributed by atoms with Crippen molar-refractivity contribution in [3.63, 3.8) is 0 Å². The van der Waals surface area contributed by atoms with Crippen LogP contribution >= 0.6 is 0 Å². The van der Waals surface area contributed by atoms with Gasteiger partial charge in [0, 0.05) is 32.1 Å². The zero-order valence-electron chi connectivity index (χ0n) is 14.4. The van der Waals surface area contributed by atoms with Gasteiger partial charge in [0.1, 0.15) is 5.76 Å². The molecule has 1 aromatic carbocycles. The van der Waals surface area contributed by atoms with E-state index < -0.39 is 0 Å². The Labute approximate surface area is 143 Å². The molecule has 1 aliphatic rings. The third kappa shape index (κ3) is 4.03. The molecule has 1 N–H and O–H groups in total. The molecule has 5 heteroatoms. The van der Waals surface area contributed by atoms with Crippen LogP contribution < -0.4 is 5.32 Å². The van der Waals surface area contributed by atoms with Crippen molar-refractivity contribution in [2.75, 3.05) is 19.6 Å². The number of hydrogen-bond acceptors (Lipinski definition) is 4. The van der Waals surface area contributed by atoms with Crippen molar-refractivity contribution in [1.82, 2.24) is 15.4 Å². The molecule has 1 aromatic heterocycles. The van der Waals surface area contributed by atoms with Crippen LogP contribution in [0.15, 0.2) is 34.9 Å². The summed E-state index contributed by atoms with van der Waals surface area (Å²) >= 11 is 0. The molecule has 1 fully saturated rings. The van der Waals surface area contributed by atoms with E-state index in [0.717, 1.165) is 38.2 Å². The Morgan fingerprint density at radius 3 is 3.00 bits per heavy atom. The summed E-state index contributed by atoms with van der Waals surface area (Å²) in [7, 11) is 0. The molecular formula is C19H25N3O2. The van der Waals surface area contributed by atoms with E-state index in [2.05, 4.69) is 46.6 Å². The Morgan fingerprint density at radius 1 is 1.42 bits per heavy atom. The van der Waals surface area contributed by atoms with Crippen LogP contribution in [0, 0.1) is 12.8 Å². The maximum atomic E-state index is 12.1. The highest BCUT2D eigenvalue weighted by Crippen LogP contribution is 2.19. The molecule has 2 heterocycles. The predicted octanol–water partition coefficient (Wildman–Crippen LogP) is 2.80. The number of carbonyl (C=O) groups is 1. The van der Waals surface area contributed by atoms with Crippen LogP contribution in [0.5, 0.6) is 0 Å². The zero-order valence-corrected chi connectivity index (χ0v) is 14.4. The number of aryl methyl sites for hydroxylation is 2. The van der Waals surface area contributed by atoms with Gasteiger partial charge in [-0.2, -0.15) is 0 Å². The highest BCUT2D eigenvalue weighted by Gasteiger charge is 2.23. The van der Waals surface area contributed by atoms with Gasteiger partial charge in [0.2, 0.25) is 0 Å². The summed E-state index contributed by atoms with van der Waals surface area (Å²) in [5.74, 6) is 1.09. The first-order valence-electron chi connectivity index (χ1n) is 8.66. The molecule has 2 aromatic rings. The van der Waals surface area contributed by atoms with Crippen LogP contribution in [-0.2, 0) is 13.0 Å². The van der Waals surface area contributed by atoms with Gasteiger partial charge >= 0.3 is 0 Å². The summed E-state index contributed by atoms with van der Waals surface area (Å²) in [6.45, 7) is 7.92. The second kappa shape index (κ2) is 7.62. The average molecular weight is 327 g/mol. The van der Waals surface area contributed by atoms with Crippen LogP contribution in [0.3, 0.4) is 0 Å². The molecule has 1 amide bonds.